The second-order valence-electron chi connectivity index (χ2n) is 3.14. The van der Waals surface area contributed by atoms with E-state index >= 15 is 0 Å². The van der Waals surface area contributed by atoms with Crippen molar-refractivity contribution in [2.24, 2.45) is 5.73 Å². The third kappa shape index (κ3) is 2.24. The zero-order valence-electron chi connectivity index (χ0n) is 8.46. The Kier molecular flexibility index (Phi) is 3.03. The quantitative estimate of drug-likeness (QED) is 0.660. The monoisotopic (exact) mass is 254 g/mol. The molecule has 17 heavy (non-hydrogen) atoms. The highest BCUT2D eigenvalue weighted by molar-refractivity contribution is 6.30. The minimum Gasteiger partial charge on any atom is -0.334 e. The van der Waals surface area contributed by atoms with E-state index in [4.69, 9.17) is 21.9 Å². The number of halogens is 1. The summed E-state index contributed by atoms with van der Waals surface area (Å²) in [5, 5.41) is 14.7. The first kappa shape index (κ1) is 11.5. The molecule has 8 heteroatoms. The van der Waals surface area contributed by atoms with Gasteiger partial charge in [0, 0.05) is 11.1 Å². The van der Waals surface area contributed by atoms with Crippen molar-refractivity contribution < 1.29 is 9.45 Å². The van der Waals surface area contributed by atoms with E-state index in [1.165, 1.54) is 18.2 Å². The number of hydrogen-bond acceptors (Lipinski definition) is 6. The fourth-order valence-corrected chi connectivity index (χ4v) is 1.45. The Morgan fingerprint density at radius 2 is 2.29 bits per heavy atom. The van der Waals surface area contributed by atoms with Gasteiger partial charge in [0.2, 0.25) is 0 Å². The Morgan fingerprint density at radius 3 is 2.88 bits per heavy atom. The molecule has 2 N–H and O–H groups in total. The van der Waals surface area contributed by atoms with Crippen LogP contribution in [0.5, 0.6) is 0 Å². The highest BCUT2D eigenvalue weighted by Gasteiger charge is 2.20. The smallest absolute Gasteiger partial charge is 0.283 e. The summed E-state index contributed by atoms with van der Waals surface area (Å²) in [5.74, 6) is 0.332. The molecule has 0 atom stereocenters. The number of nitrogens with two attached hydrogens (primary N) is 1. The molecule has 1 aromatic heterocycles. The normalized spacial score (nSPS) is 10.5. The molecule has 88 valence electrons. The van der Waals surface area contributed by atoms with E-state index in [9.17, 15) is 10.1 Å². The van der Waals surface area contributed by atoms with E-state index in [2.05, 4.69) is 10.1 Å². The number of rotatable bonds is 3. The molecule has 2 rings (SSSR count). The summed E-state index contributed by atoms with van der Waals surface area (Å²) < 4.78 is 4.88. The molecule has 7 nitrogen and oxygen atoms in total. The van der Waals surface area contributed by atoms with Gasteiger partial charge in [-0.3, -0.25) is 10.1 Å². The van der Waals surface area contributed by atoms with Gasteiger partial charge in [0.25, 0.3) is 11.6 Å². The van der Waals surface area contributed by atoms with Crippen LogP contribution in [0.1, 0.15) is 5.82 Å². The second-order valence-corrected chi connectivity index (χ2v) is 3.57. The van der Waals surface area contributed by atoms with Crippen LogP contribution < -0.4 is 5.73 Å². The van der Waals surface area contributed by atoms with Crippen LogP contribution >= 0.6 is 11.6 Å². The fourth-order valence-electron chi connectivity index (χ4n) is 1.28. The van der Waals surface area contributed by atoms with Gasteiger partial charge in [-0.25, -0.2) is 0 Å². The van der Waals surface area contributed by atoms with Gasteiger partial charge in [-0.2, -0.15) is 4.98 Å². The molecular formula is C9H7ClN4O3. The number of nitro benzene ring substituents is 1. The number of aromatic nitrogens is 2. The molecule has 2 aromatic rings. The van der Waals surface area contributed by atoms with Gasteiger partial charge in [0.05, 0.1) is 11.5 Å². The van der Waals surface area contributed by atoms with Crippen molar-refractivity contribution in [2.45, 2.75) is 6.54 Å². The average molecular weight is 255 g/mol. The Hall–Kier alpha value is -1.99. The maximum atomic E-state index is 10.9. The van der Waals surface area contributed by atoms with Crippen molar-refractivity contribution >= 4 is 17.3 Å². The van der Waals surface area contributed by atoms with Gasteiger partial charge in [-0.05, 0) is 12.1 Å². The van der Waals surface area contributed by atoms with Gasteiger partial charge in [0.1, 0.15) is 5.56 Å². The largest absolute Gasteiger partial charge is 0.334 e. The first-order valence-electron chi connectivity index (χ1n) is 4.59. The van der Waals surface area contributed by atoms with Crippen LogP contribution in [0.25, 0.3) is 11.5 Å². The minimum absolute atomic E-state index is 0.0498. The molecule has 0 unspecified atom stereocenters. The van der Waals surface area contributed by atoms with E-state index in [0.717, 1.165) is 0 Å². The number of hydrogen-bond donors (Lipinski definition) is 1. The molecule has 0 saturated heterocycles. The van der Waals surface area contributed by atoms with Crippen LogP contribution in [0, 0.1) is 10.1 Å². The topological polar surface area (TPSA) is 108 Å². The summed E-state index contributed by atoms with van der Waals surface area (Å²) in [6.07, 6.45) is 0. The lowest BCUT2D eigenvalue weighted by molar-refractivity contribution is -0.384. The number of nitrogens with zero attached hydrogens (tertiary/aromatic N) is 3. The SMILES string of the molecule is NCc1noc(-c2ccc(Cl)cc2[N+](=O)[O-])n1. The van der Waals surface area contributed by atoms with Crippen molar-refractivity contribution in [2.75, 3.05) is 0 Å². The summed E-state index contributed by atoms with van der Waals surface area (Å²) >= 11 is 5.69. The Labute approximate surface area is 100 Å². The first-order chi connectivity index (χ1) is 8.11. The fraction of sp³-hybridized carbons (Fsp3) is 0.111. The summed E-state index contributed by atoms with van der Waals surface area (Å²) in [6, 6.07) is 4.19. The van der Waals surface area contributed by atoms with Crippen LogP contribution in [0.2, 0.25) is 5.02 Å². The summed E-state index contributed by atoms with van der Waals surface area (Å²) in [6.45, 7) is 0.102. The third-order valence-electron chi connectivity index (χ3n) is 2.04. The van der Waals surface area contributed by atoms with E-state index in [1.807, 2.05) is 0 Å². The van der Waals surface area contributed by atoms with Gasteiger partial charge in [-0.1, -0.05) is 16.8 Å². The summed E-state index contributed by atoms with van der Waals surface area (Å²) in [4.78, 5) is 14.2. The zero-order valence-corrected chi connectivity index (χ0v) is 9.22. The van der Waals surface area contributed by atoms with Gasteiger partial charge in [-0.15, -0.1) is 0 Å². The summed E-state index contributed by atoms with van der Waals surface area (Å²) in [7, 11) is 0. The van der Waals surface area contributed by atoms with Crippen molar-refractivity contribution in [1.29, 1.82) is 0 Å². The summed E-state index contributed by atoms with van der Waals surface area (Å²) in [5.41, 5.74) is 5.35. The van der Waals surface area contributed by atoms with Crippen molar-refractivity contribution in [1.82, 2.24) is 10.1 Å². The Morgan fingerprint density at radius 1 is 1.53 bits per heavy atom. The lowest BCUT2D eigenvalue weighted by atomic mass is 10.2. The molecule has 0 spiro atoms. The predicted molar refractivity (Wildman–Crippen MR) is 59.3 cm³/mol. The highest BCUT2D eigenvalue weighted by atomic mass is 35.5. The van der Waals surface area contributed by atoms with Crippen LogP contribution in [0.15, 0.2) is 22.7 Å². The predicted octanol–water partition coefficient (Wildman–Crippen LogP) is 1.76. The van der Waals surface area contributed by atoms with Crippen LogP contribution in [-0.2, 0) is 6.54 Å². The molecule has 0 aliphatic heterocycles. The van der Waals surface area contributed by atoms with Crippen molar-refractivity contribution in [3.8, 4) is 11.5 Å². The molecule has 0 radical (unpaired) electrons. The van der Waals surface area contributed by atoms with Crippen molar-refractivity contribution in [3.05, 3.63) is 39.2 Å². The van der Waals surface area contributed by atoms with E-state index in [0.29, 0.717) is 0 Å². The molecule has 0 saturated carbocycles. The maximum Gasteiger partial charge on any atom is 0.283 e. The maximum absolute atomic E-state index is 10.9. The molecular weight excluding hydrogens is 248 g/mol. The molecule has 0 bridgehead atoms. The van der Waals surface area contributed by atoms with E-state index in [1.54, 1.807) is 0 Å². The van der Waals surface area contributed by atoms with Crippen LogP contribution in [0.4, 0.5) is 5.69 Å². The van der Waals surface area contributed by atoms with Gasteiger partial charge >= 0.3 is 0 Å². The van der Waals surface area contributed by atoms with Crippen LogP contribution in [0.3, 0.4) is 0 Å². The lowest BCUT2D eigenvalue weighted by Gasteiger charge is -1.97. The Bertz CT molecular complexity index is 569. The molecule has 1 heterocycles. The number of benzene rings is 1. The average Bonchev–Trinajstić information content (AvgIpc) is 2.77. The van der Waals surface area contributed by atoms with Crippen molar-refractivity contribution in [3.63, 3.8) is 0 Å². The highest BCUT2D eigenvalue weighted by Crippen LogP contribution is 2.30. The third-order valence-corrected chi connectivity index (χ3v) is 2.27. The molecule has 0 aliphatic carbocycles. The molecule has 0 amide bonds. The van der Waals surface area contributed by atoms with Gasteiger partial charge < -0.3 is 10.3 Å². The minimum atomic E-state index is -0.562. The number of nitro groups is 1. The van der Waals surface area contributed by atoms with Crippen LogP contribution in [-0.4, -0.2) is 15.1 Å². The van der Waals surface area contributed by atoms with E-state index < -0.39 is 4.92 Å². The Balaban J connectivity index is 2.54. The molecule has 0 fully saturated rings. The molecule has 1 aromatic carbocycles. The first-order valence-corrected chi connectivity index (χ1v) is 4.96. The zero-order chi connectivity index (χ0) is 12.4. The lowest BCUT2D eigenvalue weighted by Crippen LogP contribution is -1.98. The molecule has 0 aliphatic rings. The second kappa shape index (κ2) is 4.48. The standard InChI is InChI=1S/C9H7ClN4O3/c10-5-1-2-6(7(3-5)14(15)16)9-12-8(4-11)13-17-9/h1-3H,4,11H2. The van der Waals surface area contributed by atoms with Gasteiger partial charge in [0.15, 0.2) is 5.82 Å². The van der Waals surface area contributed by atoms with E-state index in [-0.39, 0.29) is 34.5 Å².